The van der Waals surface area contributed by atoms with E-state index in [4.69, 9.17) is 0 Å². The molecule has 0 fully saturated rings. The Bertz CT molecular complexity index is 471. The van der Waals surface area contributed by atoms with E-state index >= 15 is 0 Å². The number of fused-ring (bicyclic) bond motifs is 1. The molecule has 0 aliphatic heterocycles. The van der Waals surface area contributed by atoms with Crippen molar-refractivity contribution in [3.63, 3.8) is 0 Å². The minimum Gasteiger partial charge on any atom is -0.261 e. The third-order valence-corrected chi connectivity index (χ3v) is 2.77. The number of aryl methyl sites for hydroxylation is 1. The first-order valence-corrected chi connectivity index (χ1v) is 5.91. The maximum absolute atomic E-state index is 4.43. The lowest BCUT2D eigenvalue weighted by Gasteiger charge is -2.03. The molecule has 2 heteroatoms. The van der Waals surface area contributed by atoms with Crippen LogP contribution in [0.4, 0.5) is 0 Å². The molecule has 1 nitrogen and oxygen atoms in total. The molecule has 76 valence electrons. The summed E-state index contributed by atoms with van der Waals surface area (Å²) in [6, 6.07) is 10.4. The molecule has 1 heterocycles. The predicted molar refractivity (Wildman–Crippen MR) is 68.1 cm³/mol. The van der Waals surface area contributed by atoms with E-state index in [1.807, 2.05) is 11.2 Å². The quantitative estimate of drug-likeness (QED) is 0.812. The Morgan fingerprint density at radius 1 is 1.20 bits per heavy atom. The molecule has 15 heavy (non-hydrogen) atoms. The first kappa shape index (κ1) is 10.4. The molecular weight excluding hydrogens is 250 g/mol. The van der Waals surface area contributed by atoms with Gasteiger partial charge in [-0.3, -0.25) is 4.98 Å². The molecule has 0 spiro atoms. The standard InChI is InChI=1S/C13H12BrN/c14-9-4-3-7-13-12-6-2-1-5-11(12)8-10-15-13/h1-2,4-6,8-10H,3,7H2. The summed E-state index contributed by atoms with van der Waals surface area (Å²) < 4.78 is 0. The van der Waals surface area contributed by atoms with Crippen molar-refractivity contribution in [3.05, 3.63) is 53.3 Å². The van der Waals surface area contributed by atoms with E-state index in [1.165, 1.54) is 16.5 Å². The molecular formula is C13H12BrN. The van der Waals surface area contributed by atoms with E-state index in [1.54, 1.807) is 0 Å². The average Bonchev–Trinajstić information content (AvgIpc) is 2.30. The number of nitrogens with zero attached hydrogens (tertiary/aromatic N) is 1. The number of aromatic nitrogens is 1. The van der Waals surface area contributed by atoms with Crippen LogP contribution in [0.15, 0.2) is 47.6 Å². The fraction of sp³-hybridized carbons (Fsp3) is 0.154. The lowest BCUT2D eigenvalue weighted by Crippen LogP contribution is -1.90. The van der Waals surface area contributed by atoms with Crippen LogP contribution >= 0.6 is 15.9 Å². The lowest BCUT2D eigenvalue weighted by atomic mass is 10.1. The van der Waals surface area contributed by atoms with E-state index < -0.39 is 0 Å². The second kappa shape index (κ2) is 5.08. The Kier molecular flexibility index (Phi) is 3.51. The van der Waals surface area contributed by atoms with Gasteiger partial charge in [-0.2, -0.15) is 0 Å². The van der Waals surface area contributed by atoms with Gasteiger partial charge in [0.05, 0.1) is 0 Å². The van der Waals surface area contributed by atoms with Crippen molar-refractivity contribution >= 4 is 26.7 Å². The summed E-state index contributed by atoms with van der Waals surface area (Å²) in [4.78, 5) is 6.33. The largest absolute Gasteiger partial charge is 0.261 e. The summed E-state index contributed by atoms with van der Waals surface area (Å²) in [5, 5.41) is 2.54. The highest BCUT2D eigenvalue weighted by Gasteiger charge is 1.99. The van der Waals surface area contributed by atoms with Crippen molar-refractivity contribution in [1.82, 2.24) is 4.98 Å². The zero-order valence-corrected chi connectivity index (χ0v) is 9.94. The highest BCUT2D eigenvalue weighted by Crippen LogP contribution is 2.17. The average molecular weight is 262 g/mol. The fourth-order valence-electron chi connectivity index (χ4n) is 1.66. The topological polar surface area (TPSA) is 12.9 Å². The Morgan fingerprint density at radius 2 is 2.07 bits per heavy atom. The Morgan fingerprint density at radius 3 is 2.93 bits per heavy atom. The van der Waals surface area contributed by atoms with Crippen LogP contribution in [0.3, 0.4) is 0 Å². The molecule has 0 atom stereocenters. The number of benzene rings is 1. The molecule has 1 aromatic heterocycles. The molecule has 2 rings (SSSR count). The van der Waals surface area contributed by atoms with Gasteiger partial charge in [-0.05, 0) is 29.3 Å². The van der Waals surface area contributed by atoms with E-state index in [0.29, 0.717) is 0 Å². The minimum atomic E-state index is 0.990. The van der Waals surface area contributed by atoms with Crippen molar-refractivity contribution in [2.45, 2.75) is 12.8 Å². The van der Waals surface area contributed by atoms with Crippen molar-refractivity contribution in [3.8, 4) is 0 Å². The van der Waals surface area contributed by atoms with Crippen LogP contribution in [-0.4, -0.2) is 4.98 Å². The molecule has 1 aromatic carbocycles. The van der Waals surface area contributed by atoms with Crippen LogP contribution in [0.25, 0.3) is 10.8 Å². The van der Waals surface area contributed by atoms with Crippen LogP contribution in [0.2, 0.25) is 0 Å². The predicted octanol–water partition coefficient (Wildman–Crippen LogP) is 4.08. The molecule has 2 aromatic rings. The van der Waals surface area contributed by atoms with Gasteiger partial charge in [0, 0.05) is 17.3 Å². The van der Waals surface area contributed by atoms with Crippen LogP contribution in [0, 0.1) is 0 Å². The summed E-state index contributed by atoms with van der Waals surface area (Å²) in [5.74, 6) is 0. The van der Waals surface area contributed by atoms with Gasteiger partial charge in [0.2, 0.25) is 0 Å². The second-order valence-electron chi connectivity index (χ2n) is 3.38. The third kappa shape index (κ3) is 2.45. The molecule has 0 amide bonds. The van der Waals surface area contributed by atoms with Crippen LogP contribution < -0.4 is 0 Å². The summed E-state index contributed by atoms with van der Waals surface area (Å²) >= 11 is 3.27. The lowest BCUT2D eigenvalue weighted by molar-refractivity contribution is 0.960. The molecule has 0 radical (unpaired) electrons. The van der Waals surface area contributed by atoms with Crippen molar-refractivity contribution < 1.29 is 0 Å². The monoisotopic (exact) mass is 261 g/mol. The maximum Gasteiger partial charge on any atom is 0.0484 e. The van der Waals surface area contributed by atoms with Gasteiger partial charge in [-0.1, -0.05) is 46.3 Å². The summed E-state index contributed by atoms with van der Waals surface area (Å²) in [6.45, 7) is 0. The van der Waals surface area contributed by atoms with Crippen LogP contribution in [-0.2, 0) is 6.42 Å². The summed E-state index contributed by atoms with van der Waals surface area (Å²) in [5.41, 5.74) is 1.18. The normalized spacial score (nSPS) is 11.3. The van der Waals surface area contributed by atoms with Gasteiger partial charge in [0.25, 0.3) is 0 Å². The Balaban J connectivity index is 2.34. The van der Waals surface area contributed by atoms with Gasteiger partial charge in [0.15, 0.2) is 0 Å². The first-order chi connectivity index (χ1) is 7.42. The fourth-order valence-corrected chi connectivity index (χ4v) is 1.93. The highest BCUT2D eigenvalue weighted by molar-refractivity contribution is 9.11. The van der Waals surface area contributed by atoms with Crippen molar-refractivity contribution in [2.75, 3.05) is 0 Å². The van der Waals surface area contributed by atoms with Gasteiger partial charge in [0.1, 0.15) is 0 Å². The van der Waals surface area contributed by atoms with Crippen LogP contribution in [0.5, 0.6) is 0 Å². The van der Waals surface area contributed by atoms with Crippen molar-refractivity contribution in [2.24, 2.45) is 0 Å². The first-order valence-electron chi connectivity index (χ1n) is 4.99. The van der Waals surface area contributed by atoms with Crippen molar-refractivity contribution in [1.29, 1.82) is 0 Å². The molecule has 0 unspecified atom stereocenters. The number of allylic oxidation sites excluding steroid dienone is 1. The number of hydrogen-bond acceptors (Lipinski definition) is 1. The second-order valence-corrected chi connectivity index (χ2v) is 3.91. The van der Waals surface area contributed by atoms with Gasteiger partial charge < -0.3 is 0 Å². The van der Waals surface area contributed by atoms with E-state index in [2.05, 4.69) is 57.3 Å². The zero-order chi connectivity index (χ0) is 10.5. The minimum absolute atomic E-state index is 0.990. The molecule has 0 saturated heterocycles. The smallest absolute Gasteiger partial charge is 0.0484 e. The van der Waals surface area contributed by atoms with Gasteiger partial charge >= 0.3 is 0 Å². The van der Waals surface area contributed by atoms with Gasteiger partial charge in [-0.25, -0.2) is 0 Å². The SMILES string of the molecule is BrC=CCCc1nccc2ccccc12. The number of pyridine rings is 1. The molecule has 0 saturated carbocycles. The van der Waals surface area contributed by atoms with E-state index in [0.717, 1.165) is 12.8 Å². The summed E-state index contributed by atoms with van der Waals surface area (Å²) in [7, 11) is 0. The molecule has 0 N–H and O–H groups in total. The van der Waals surface area contributed by atoms with E-state index in [9.17, 15) is 0 Å². The molecule has 0 aliphatic carbocycles. The third-order valence-electron chi connectivity index (χ3n) is 2.39. The summed E-state index contributed by atoms with van der Waals surface area (Å²) in [6.07, 6.45) is 5.99. The van der Waals surface area contributed by atoms with Crippen LogP contribution in [0.1, 0.15) is 12.1 Å². The molecule has 0 aliphatic rings. The van der Waals surface area contributed by atoms with Gasteiger partial charge in [-0.15, -0.1) is 0 Å². The molecule has 0 bridgehead atoms. The number of halogens is 1. The Labute approximate surface area is 98.0 Å². The number of hydrogen-bond donors (Lipinski definition) is 0. The maximum atomic E-state index is 4.43. The van der Waals surface area contributed by atoms with E-state index in [-0.39, 0.29) is 0 Å². The Hall–Kier alpha value is -1.15. The zero-order valence-electron chi connectivity index (χ0n) is 8.36. The number of rotatable bonds is 3. The highest BCUT2D eigenvalue weighted by atomic mass is 79.9.